The van der Waals surface area contributed by atoms with Crippen LogP contribution in [0.2, 0.25) is 0 Å². The molecule has 0 saturated heterocycles. The number of aromatic nitrogens is 2. The van der Waals surface area contributed by atoms with Gasteiger partial charge in [0.15, 0.2) is 0 Å². The number of benzene rings is 1. The minimum Gasteiger partial charge on any atom is -0.313 e. The topological polar surface area (TPSA) is 29.9 Å². The van der Waals surface area contributed by atoms with E-state index in [4.69, 9.17) is 0 Å². The number of aryl methyl sites for hydroxylation is 2. The number of nitrogens with one attached hydrogen (secondary N) is 1. The Hall–Kier alpha value is -1.61. The molecule has 1 N–H and O–H groups in total. The Kier molecular flexibility index (Phi) is 4.16. The van der Waals surface area contributed by atoms with Gasteiger partial charge in [0, 0.05) is 31.5 Å². The summed E-state index contributed by atoms with van der Waals surface area (Å²) < 4.78 is 1.98. The SMILES string of the molecule is Cn1nccc1CCC(CNC1CC1)c1ccccc1. The predicted molar refractivity (Wildman–Crippen MR) is 81.7 cm³/mol. The van der Waals surface area contributed by atoms with E-state index in [0.29, 0.717) is 5.92 Å². The van der Waals surface area contributed by atoms with Gasteiger partial charge in [-0.3, -0.25) is 4.68 Å². The molecule has 3 nitrogen and oxygen atoms in total. The molecule has 20 heavy (non-hydrogen) atoms. The van der Waals surface area contributed by atoms with Gasteiger partial charge >= 0.3 is 0 Å². The Labute approximate surface area is 121 Å². The average Bonchev–Trinajstić information content (AvgIpc) is 3.22. The van der Waals surface area contributed by atoms with Crippen LogP contribution >= 0.6 is 0 Å². The molecule has 3 heteroatoms. The Balaban J connectivity index is 1.63. The fourth-order valence-corrected chi connectivity index (χ4v) is 2.68. The highest BCUT2D eigenvalue weighted by Gasteiger charge is 2.22. The molecule has 2 aromatic rings. The first-order valence-electron chi connectivity index (χ1n) is 7.58. The van der Waals surface area contributed by atoms with Gasteiger partial charge in [-0.15, -0.1) is 0 Å². The Morgan fingerprint density at radius 2 is 2.05 bits per heavy atom. The first kappa shape index (κ1) is 13.4. The van der Waals surface area contributed by atoms with E-state index in [9.17, 15) is 0 Å². The summed E-state index contributed by atoms with van der Waals surface area (Å²) in [6.45, 7) is 1.09. The van der Waals surface area contributed by atoms with Crippen molar-refractivity contribution in [2.24, 2.45) is 7.05 Å². The third kappa shape index (κ3) is 3.48. The second kappa shape index (κ2) is 6.23. The minimum absolute atomic E-state index is 0.590. The zero-order valence-corrected chi connectivity index (χ0v) is 12.1. The fourth-order valence-electron chi connectivity index (χ4n) is 2.68. The molecule has 1 atom stereocenters. The van der Waals surface area contributed by atoms with Gasteiger partial charge in [-0.1, -0.05) is 30.3 Å². The molecule has 1 heterocycles. The van der Waals surface area contributed by atoms with Gasteiger partial charge in [0.2, 0.25) is 0 Å². The lowest BCUT2D eigenvalue weighted by atomic mass is 9.93. The average molecular weight is 269 g/mol. The quantitative estimate of drug-likeness (QED) is 0.837. The summed E-state index contributed by atoms with van der Waals surface area (Å²) >= 11 is 0. The van der Waals surface area contributed by atoms with E-state index in [0.717, 1.165) is 19.0 Å². The lowest BCUT2D eigenvalue weighted by Crippen LogP contribution is -2.24. The van der Waals surface area contributed by atoms with Crippen molar-refractivity contribution < 1.29 is 0 Å². The standard InChI is InChI=1S/C17H23N3/c1-20-17(11-12-19-20)10-7-15(13-18-16-8-9-16)14-5-3-2-4-6-14/h2-6,11-12,15-16,18H,7-10,13H2,1H3. The first-order valence-corrected chi connectivity index (χ1v) is 7.58. The fraction of sp³-hybridized carbons (Fsp3) is 0.471. The molecule has 3 rings (SSSR count). The van der Waals surface area contributed by atoms with E-state index >= 15 is 0 Å². The highest BCUT2D eigenvalue weighted by molar-refractivity contribution is 5.20. The van der Waals surface area contributed by atoms with Crippen molar-refractivity contribution in [2.75, 3.05) is 6.54 Å². The van der Waals surface area contributed by atoms with E-state index in [1.165, 1.54) is 30.5 Å². The molecule has 0 radical (unpaired) electrons. The van der Waals surface area contributed by atoms with Gasteiger partial charge in [0.05, 0.1) is 0 Å². The van der Waals surface area contributed by atoms with Gasteiger partial charge in [0.1, 0.15) is 0 Å². The molecule has 1 saturated carbocycles. The van der Waals surface area contributed by atoms with Crippen LogP contribution in [0.25, 0.3) is 0 Å². The van der Waals surface area contributed by atoms with E-state index < -0.39 is 0 Å². The predicted octanol–water partition coefficient (Wildman–Crippen LogP) is 2.89. The second-order valence-electron chi connectivity index (χ2n) is 5.77. The van der Waals surface area contributed by atoms with Crippen LogP contribution in [0.1, 0.15) is 36.4 Å². The molecular formula is C17H23N3. The smallest absolute Gasteiger partial charge is 0.0492 e. The Morgan fingerprint density at radius 3 is 2.70 bits per heavy atom. The van der Waals surface area contributed by atoms with Crippen molar-refractivity contribution in [3.8, 4) is 0 Å². The van der Waals surface area contributed by atoms with Crippen LogP contribution in [0, 0.1) is 0 Å². The van der Waals surface area contributed by atoms with Gasteiger partial charge in [-0.2, -0.15) is 5.10 Å². The lowest BCUT2D eigenvalue weighted by Gasteiger charge is -2.18. The van der Waals surface area contributed by atoms with Crippen molar-refractivity contribution in [1.82, 2.24) is 15.1 Å². The molecule has 0 amide bonds. The third-order valence-electron chi connectivity index (χ3n) is 4.17. The summed E-state index contributed by atoms with van der Waals surface area (Å²) in [7, 11) is 2.02. The summed E-state index contributed by atoms with van der Waals surface area (Å²) in [6.07, 6.45) is 6.84. The number of hydrogen-bond acceptors (Lipinski definition) is 2. The summed E-state index contributed by atoms with van der Waals surface area (Å²) in [5, 5.41) is 7.93. The summed E-state index contributed by atoms with van der Waals surface area (Å²) in [5.74, 6) is 0.590. The minimum atomic E-state index is 0.590. The van der Waals surface area contributed by atoms with Crippen LogP contribution in [0.4, 0.5) is 0 Å². The maximum atomic E-state index is 4.25. The van der Waals surface area contributed by atoms with Gasteiger partial charge < -0.3 is 5.32 Å². The van der Waals surface area contributed by atoms with Crippen molar-refractivity contribution in [1.29, 1.82) is 0 Å². The number of hydrogen-bond donors (Lipinski definition) is 1. The molecule has 0 aliphatic heterocycles. The van der Waals surface area contributed by atoms with Crippen LogP contribution in [-0.2, 0) is 13.5 Å². The van der Waals surface area contributed by atoms with Gasteiger partial charge in [-0.25, -0.2) is 0 Å². The molecule has 1 aromatic heterocycles. The number of nitrogens with zero attached hydrogens (tertiary/aromatic N) is 2. The molecule has 106 valence electrons. The zero-order chi connectivity index (χ0) is 13.8. The Morgan fingerprint density at radius 1 is 1.25 bits per heavy atom. The summed E-state index contributed by atoms with van der Waals surface area (Å²) in [6, 6.07) is 13.8. The molecule has 1 aromatic carbocycles. The molecule has 1 aliphatic rings. The Bertz CT molecular complexity index is 528. The van der Waals surface area contributed by atoms with E-state index in [-0.39, 0.29) is 0 Å². The number of rotatable bonds is 7. The monoisotopic (exact) mass is 269 g/mol. The molecule has 1 unspecified atom stereocenters. The highest BCUT2D eigenvalue weighted by atomic mass is 15.2. The van der Waals surface area contributed by atoms with E-state index in [1.807, 2.05) is 17.9 Å². The highest BCUT2D eigenvalue weighted by Crippen LogP contribution is 2.24. The second-order valence-corrected chi connectivity index (χ2v) is 5.77. The van der Waals surface area contributed by atoms with Crippen LogP contribution in [-0.4, -0.2) is 22.4 Å². The van der Waals surface area contributed by atoms with E-state index in [2.05, 4.69) is 46.8 Å². The van der Waals surface area contributed by atoms with Crippen LogP contribution in [0.3, 0.4) is 0 Å². The van der Waals surface area contributed by atoms with Crippen molar-refractivity contribution in [2.45, 2.75) is 37.6 Å². The summed E-state index contributed by atoms with van der Waals surface area (Å²) in [4.78, 5) is 0. The largest absolute Gasteiger partial charge is 0.313 e. The first-order chi connectivity index (χ1) is 9.83. The molecule has 0 bridgehead atoms. The molecular weight excluding hydrogens is 246 g/mol. The maximum Gasteiger partial charge on any atom is 0.0492 e. The summed E-state index contributed by atoms with van der Waals surface area (Å²) in [5.41, 5.74) is 2.76. The molecule has 0 spiro atoms. The maximum absolute atomic E-state index is 4.25. The molecule has 1 aliphatic carbocycles. The van der Waals surface area contributed by atoms with E-state index in [1.54, 1.807) is 0 Å². The van der Waals surface area contributed by atoms with Gasteiger partial charge in [-0.05, 0) is 43.2 Å². The van der Waals surface area contributed by atoms with Crippen molar-refractivity contribution in [3.63, 3.8) is 0 Å². The zero-order valence-electron chi connectivity index (χ0n) is 12.1. The van der Waals surface area contributed by atoms with Crippen LogP contribution in [0.15, 0.2) is 42.6 Å². The van der Waals surface area contributed by atoms with Crippen LogP contribution in [0.5, 0.6) is 0 Å². The van der Waals surface area contributed by atoms with Crippen molar-refractivity contribution >= 4 is 0 Å². The lowest BCUT2D eigenvalue weighted by molar-refractivity contribution is 0.538. The van der Waals surface area contributed by atoms with Crippen LogP contribution < -0.4 is 5.32 Å². The van der Waals surface area contributed by atoms with Crippen molar-refractivity contribution in [3.05, 3.63) is 53.9 Å². The van der Waals surface area contributed by atoms with Gasteiger partial charge in [0.25, 0.3) is 0 Å². The normalized spacial score (nSPS) is 16.2. The molecule has 1 fully saturated rings. The third-order valence-corrected chi connectivity index (χ3v) is 4.17.